The van der Waals surface area contributed by atoms with Crippen LogP contribution in [-0.4, -0.2) is 23.5 Å². The molecule has 2 unspecified atom stereocenters. The number of rotatable bonds is 7. The molecule has 11 heteroatoms. The third-order valence-electron chi connectivity index (χ3n) is 8.77. The van der Waals surface area contributed by atoms with Gasteiger partial charge in [0.2, 0.25) is 0 Å². The topological polar surface area (TPSA) is 124 Å². The molecule has 47 heavy (non-hydrogen) atoms. The molecule has 2 atom stereocenters. The number of carboxylic acid groups (broad SMARTS) is 1. The zero-order chi connectivity index (χ0) is 33.5. The van der Waals surface area contributed by atoms with Crippen LogP contribution in [0.1, 0.15) is 60.3 Å². The molecule has 0 amide bonds. The van der Waals surface area contributed by atoms with E-state index in [1.54, 1.807) is 18.2 Å². The van der Waals surface area contributed by atoms with E-state index in [9.17, 15) is 42.0 Å². The van der Waals surface area contributed by atoms with Gasteiger partial charge in [-0.2, -0.15) is 10.5 Å². The van der Waals surface area contributed by atoms with Crippen LogP contribution < -0.4 is 0 Å². The Kier molecular flexibility index (Phi) is 8.35. The van der Waals surface area contributed by atoms with Crippen molar-refractivity contribution >= 4 is 26.9 Å². The maximum atomic E-state index is 15.0. The molecule has 4 aromatic carbocycles. The Hall–Kier alpha value is -5.39. The van der Waals surface area contributed by atoms with Crippen molar-refractivity contribution < 1.29 is 31.5 Å². The third kappa shape index (κ3) is 5.64. The summed E-state index contributed by atoms with van der Waals surface area (Å²) in [5.74, 6) is -2.23. The molecule has 1 N–H and O–H groups in total. The molecule has 0 bridgehead atoms. The van der Waals surface area contributed by atoms with E-state index in [1.807, 2.05) is 6.07 Å². The first-order valence-corrected chi connectivity index (χ1v) is 16.2. The fourth-order valence-electron chi connectivity index (χ4n) is 6.55. The number of nitriles is 2. The lowest BCUT2D eigenvalue weighted by atomic mass is 9.77. The SMILES string of the molecule is N#Cc1cccc(C#N)c1-c1c(-c2cccc(C3CCCC(C(=O)O)C3)c2)n(S(=O)(=O)c2ccc(C(F)F)cc2)c2ccc(F)cc12. The highest BCUT2D eigenvalue weighted by molar-refractivity contribution is 7.90. The predicted octanol–water partition coefficient (Wildman–Crippen LogP) is 8.39. The van der Waals surface area contributed by atoms with E-state index in [2.05, 4.69) is 12.1 Å². The second-order valence-corrected chi connectivity index (χ2v) is 13.3. The molecule has 0 saturated heterocycles. The van der Waals surface area contributed by atoms with Crippen molar-refractivity contribution in [3.05, 3.63) is 113 Å². The standard InChI is InChI=1S/C36H26F3N3O4S/c37-28-12-15-31-30(18-28)33(32-26(19-40)8-3-9-27(32)20-41)34(42(31)47(45,46)29-13-10-21(11-14-29)35(38)39)24-6-1-4-22(16-24)23-5-2-7-25(17-23)36(43)44/h1,3-4,6,8-16,18,23,25,35H,2,5,7,17H2,(H,43,44). The highest BCUT2D eigenvalue weighted by atomic mass is 32.2. The summed E-state index contributed by atoms with van der Waals surface area (Å²) in [6.45, 7) is 0. The molecule has 1 aliphatic rings. The van der Waals surface area contributed by atoms with Crippen LogP contribution in [0.2, 0.25) is 0 Å². The van der Waals surface area contributed by atoms with Gasteiger partial charge in [0.1, 0.15) is 5.82 Å². The second kappa shape index (κ2) is 12.4. The summed E-state index contributed by atoms with van der Waals surface area (Å²) in [4.78, 5) is 11.5. The Bertz CT molecular complexity index is 2200. The maximum absolute atomic E-state index is 15.0. The molecule has 5 aromatic rings. The van der Waals surface area contributed by atoms with E-state index in [0.717, 1.165) is 52.4 Å². The van der Waals surface area contributed by atoms with E-state index in [4.69, 9.17) is 0 Å². The molecule has 7 nitrogen and oxygen atoms in total. The summed E-state index contributed by atoms with van der Waals surface area (Å²) in [5.41, 5.74) is 1.19. The Balaban J connectivity index is 1.71. The molecule has 6 rings (SSSR count). The van der Waals surface area contributed by atoms with Crippen molar-refractivity contribution in [1.29, 1.82) is 10.5 Å². The quantitative estimate of drug-likeness (QED) is 0.188. The molecular weight excluding hydrogens is 627 g/mol. The first kappa shape index (κ1) is 31.6. The number of aliphatic carboxylic acids is 1. The van der Waals surface area contributed by atoms with Gasteiger partial charge in [-0.1, -0.05) is 42.8 Å². The average Bonchev–Trinajstić information content (AvgIpc) is 3.42. The molecule has 0 spiro atoms. The average molecular weight is 654 g/mol. The van der Waals surface area contributed by atoms with Gasteiger partial charge in [0.05, 0.1) is 45.3 Å². The smallest absolute Gasteiger partial charge is 0.306 e. The summed E-state index contributed by atoms with van der Waals surface area (Å²) < 4.78 is 71.8. The number of carboxylic acids is 1. The number of fused-ring (bicyclic) bond motifs is 1. The summed E-state index contributed by atoms with van der Waals surface area (Å²) in [5, 5.41) is 30.0. The highest BCUT2D eigenvalue weighted by Gasteiger charge is 2.32. The van der Waals surface area contributed by atoms with Gasteiger partial charge in [0.15, 0.2) is 0 Å². The maximum Gasteiger partial charge on any atom is 0.306 e. The third-order valence-corrected chi connectivity index (χ3v) is 10.5. The number of carbonyl (C=O) groups is 1. The lowest BCUT2D eigenvalue weighted by molar-refractivity contribution is -0.143. The minimum absolute atomic E-state index is 0.0372. The lowest BCUT2D eigenvalue weighted by Crippen LogP contribution is -2.21. The van der Waals surface area contributed by atoms with Crippen molar-refractivity contribution in [3.8, 4) is 34.5 Å². The summed E-state index contributed by atoms with van der Waals surface area (Å²) >= 11 is 0. The summed E-state index contributed by atoms with van der Waals surface area (Å²) in [7, 11) is -4.58. The Morgan fingerprint density at radius 2 is 1.57 bits per heavy atom. The van der Waals surface area contributed by atoms with Crippen LogP contribution in [0.5, 0.6) is 0 Å². The van der Waals surface area contributed by atoms with E-state index in [1.165, 1.54) is 24.3 Å². The number of benzene rings is 4. The Morgan fingerprint density at radius 3 is 2.21 bits per heavy atom. The summed E-state index contributed by atoms with van der Waals surface area (Å²) in [6, 6.07) is 23.3. The van der Waals surface area contributed by atoms with E-state index in [0.29, 0.717) is 24.8 Å². The van der Waals surface area contributed by atoms with Crippen molar-refractivity contribution in [3.63, 3.8) is 0 Å². The summed E-state index contributed by atoms with van der Waals surface area (Å²) in [6.07, 6.45) is -0.455. The van der Waals surface area contributed by atoms with Crippen LogP contribution in [0.25, 0.3) is 33.3 Å². The van der Waals surface area contributed by atoms with Gasteiger partial charge in [-0.3, -0.25) is 4.79 Å². The molecule has 236 valence electrons. The van der Waals surface area contributed by atoms with Crippen LogP contribution >= 0.6 is 0 Å². The number of halogens is 3. The van der Waals surface area contributed by atoms with Crippen molar-refractivity contribution in [1.82, 2.24) is 3.97 Å². The zero-order valence-electron chi connectivity index (χ0n) is 24.7. The van der Waals surface area contributed by atoms with Gasteiger partial charge in [-0.25, -0.2) is 25.6 Å². The van der Waals surface area contributed by atoms with Gasteiger partial charge in [-0.15, -0.1) is 0 Å². The van der Waals surface area contributed by atoms with Gasteiger partial charge >= 0.3 is 5.97 Å². The molecule has 1 fully saturated rings. The fourth-order valence-corrected chi connectivity index (χ4v) is 8.10. The number of hydrogen-bond donors (Lipinski definition) is 1. The zero-order valence-corrected chi connectivity index (χ0v) is 25.5. The van der Waals surface area contributed by atoms with Crippen molar-refractivity contribution in [2.45, 2.75) is 42.9 Å². The molecule has 1 saturated carbocycles. The van der Waals surface area contributed by atoms with Crippen molar-refractivity contribution in [2.75, 3.05) is 0 Å². The highest BCUT2D eigenvalue weighted by Crippen LogP contribution is 2.46. The molecule has 0 radical (unpaired) electrons. The van der Waals surface area contributed by atoms with Crippen LogP contribution in [0.4, 0.5) is 13.2 Å². The lowest BCUT2D eigenvalue weighted by Gasteiger charge is -2.27. The fraction of sp³-hybridized carbons (Fsp3) is 0.194. The number of nitrogens with zero attached hydrogens (tertiary/aromatic N) is 3. The van der Waals surface area contributed by atoms with Crippen LogP contribution in [0.3, 0.4) is 0 Å². The molecule has 1 heterocycles. The molecule has 0 aliphatic heterocycles. The molecule has 1 aliphatic carbocycles. The number of hydrogen-bond acceptors (Lipinski definition) is 5. The molecule has 1 aromatic heterocycles. The van der Waals surface area contributed by atoms with E-state index in [-0.39, 0.29) is 55.2 Å². The first-order valence-electron chi connectivity index (χ1n) is 14.8. The first-order chi connectivity index (χ1) is 22.5. The minimum Gasteiger partial charge on any atom is -0.481 e. The van der Waals surface area contributed by atoms with Crippen LogP contribution in [0, 0.1) is 34.4 Å². The van der Waals surface area contributed by atoms with Crippen molar-refractivity contribution in [2.24, 2.45) is 5.92 Å². The van der Waals surface area contributed by atoms with Gasteiger partial charge in [0.25, 0.3) is 16.4 Å². The van der Waals surface area contributed by atoms with Crippen LogP contribution in [-0.2, 0) is 14.8 Å². The predicted molar refractivity (Wildman–Crippen MR) is 169 cm³/mol. The molecular formula is C36H26F3N3O4S. The Morgan fingerprint density at radius 1 is 0.894 bits per heavy atom. The number of aromatic nitrogens is 1. The van der Waals surface area contributed by atoms with Gasteiger partial charge < -0.3 is 5.11 Å². The van der Waals surface area contributed by atoms with E-state index < -0.39 is 34.2 Å². The largest absolute Gasteiger partial charge is 0.481 e. The van der Waals surface area contributed by atoms with E-state index >= 15 is 0 Å². The van der Waals surface area contributed by atoms with Gasteiger partial charge in [-0.05, 0) is 79.3 Å². The van der Waals surface area contributed by atoms with Crippen LogP contribution in [0.15, 0.2) is 89.8 Å². The second-order valence-electron chi connectivity index (χ2n) is 11.5. The Labute approximate surface area is 268 Å². The van der Waals surface area contributed by atoms with Gasteiger partial charge in [0, 0.05) is 27.6 Å². The number of alkyl halides is 2. The monoisotopic (exact) mass is 653 g/mol. The minimum atomic E-state index is -4.58. The normalized spacial score (nSPS) is 16.6.